The Morgan fingerprint density at radius 1 is 0.420 bits per heavy atom. The van der Waals surface area contributed by atoms with Gasteiger partial charge in [0, 0.05) is 0 Å². The predicted octanol–water partition coefficient (Wildman–Crippen LogP) is 10.7. The molecule has 0 saturated heterocycles. The first kappa shape index (κ1) is 38.6. The molecule has 6 nitrogen and oxygen atoms in total. The van der Waals surface area contributed by atoms with Crippen LogP contribution in [0, 0.1) is 0 Å². The topological polar surface area (TPSA) is 55.4 Å². The van der Waals surface area contributed by atoms with Crippen molar-refractivity contribution in [2.45, 2.75) is 151 Å². The first-order valence-electron chi connectivity index (χ1n) is 18.7. The molecule has 3 aromatic rings. The Balaban J connectivity index is 0.000000143. The van der Waals surface area contributed by atoms with Crippen LogP contribution in [0.25, 0.3) is 0 Å². The molecular formula is C44H62O6. The molecule has 1 unspecified atom stereocenters. The van der Waals surface area contributed by atoms with Crippen molar-refractivity contribution in [1.29, 1.82) is 0 Å². The molecule has 0 amide bonds. The fourth-order valence-electron chi connectivity index (χ4n) is 8.49. The van der Waals surface area contributed by atoms with Gasteiger partial charge in [-0.05, 0) is 105 Å². The highest BCUT2D eigenvalue weighted by Gasteiger charge is 2.29. The van der Waals surface area contributed by atoms with Crippen LogP contribution in [0.15, 0.2) is 36.4 Å². The number of fused-ring (bicyclic) bond motifs is 9. The molecule has 9 rings (SSSR count). The summed E-state index contributed by atoms with van der Waals surface area (Å²) in [7, 11) is 0. The molecule has 6 aliphatic heterocycles. The summed E-state index contributed by atoms with van der Waals surface area (Å²) in [5.41, 5.74) is 17.1. The quantitative estimate of drug-likeness (QED) is 0.257. The van der Waals surface area contributed by atoms with E-state index in [1.807, 2.05) is 0 Å². The van der Waals surface area contributed by atoms with E-state index in [1.165, 1.54) is 86.0 Å². The number of benzene rings is 3. The standard InChI is InChI=1S/3C14H18O2.2CH4/c3*1-2-3-13-14-10(6-7-16-13)4-5-11-8-15-9-12(11)14;;/h3*4-5,13H,2-3,6-9H2,1H3;2*1H4/t2*13-;;;/m10.../s1. The van der Waals surface area contributed by atoms with E-state index in [4.69, 9.17) is 28.4 Å². The summed E-state index contributed by atoms with van der Waals surface area (Å²) < 4.78 is 34.4. The number of hydrogen-bond acceptors (Lipinski definition) is 6. The zero-order chi connectivity index (χ0) is 32.9. The minimum absolute atomic E-state index is 0. The highest BCUT2D eigenvalue weighted by molar-refractivity contribution is 5.46. The van der Waals surface area contributed by atoms with E-state index in [2.05, 4.69) is 57.2 Å². The van der Waals surface area contributed by atoms with Crippen LogP contribution in [-0.2, 0) is 87.3 Å². The third-order valence-electron chi connectivity index (χ3n) is 10.8. The van der Waals surface area contributed by atoms with Gasteiger partial charge in [0.2, 0.25) is 0 Å². The normalized spacial score (nSPS) is 22.0. The molecule has 3 atom stereocenters. The van der Waals surface area contributed by atoms with Crippen LogP contribution in [-0.4, -0.2) is 19.8 Å². The van der Waals surface area contributed by atoms with E-state index in [-0.39, 0.29) is 14.9 Å². The highest BCUT2D eigenvalue weighted by Crippen LogP contribution is 2.40. The van der Waals surface area contributed by atoms with Crippen LogP contribution in [0.1, 0.15) is 159 Å². The van der Waals surface area contributed by atoms with Crippen molar-refractivity contribution in [2.24, 2.45) is 0 Å². The largest absolute Gasteiger partial charge is 0.373 e. The summed E-state index contributed by atoms with van der Waals surface area (Å²) in [6.07, 6.45) is 11.0. The Morgan fingerprint density at radius 3 is 0.980 bits per heavy atom. The SMILES string of the molecule is C.C.CCCC1OCCc2ccc3c(c21)COC3.CCC[C@@H]1OCCc2ccc3c(c21)COC3.CCC[C@H]1OCCc2ccc3c(c21)COC3. The summed E-state index contributed by atoms with van der Waals surface area (Å²) in [6, 6.07) is 13.5. The first-order valence-corrected chi connectivity index (χ1v) is 18.7. The Bertz CT molecular complexity index is 1380. The molecule has 0 aromatic heterocycles. The third-order valence-corrected chi connectivity index (χ3v) is 10.8. The molecule has 0 saturated carbocycles. The summed E-state index contributed by atoms with van der Waals surface area (Å²) in [6.45, 7) is 14.0. The fourth-order valence-corrected chi connectivity index (χ4v) is 8.49. The second-order valence-corrected chi connectivity index (χ2v) is 14.0. The van der Waals surface area contributed by atoms with Gasteiger partial charge in [0.05, 0.1) is 77.8 Å². The summed E-state index contributed by atoms with van der Waals surface area (Å²) in [5, 5.41) is 0. The van der Waals surface area contributed by atoms with Crippen LogP contribution in [0.2, 0.25) is 0 Å². The van der Waals surface area contributed by atoms with Gasteiger partial charge in [-0.25, -0.2) is 0 Å². The Labute approximate surface area is 302 Å². The maximum atomic E-state index is 5.91. The Kier molecular flexibility index (Phi) is 14.1. The van der Waals surface area contributed by atoms with Crippen LogP contribution >= 0.6 is 0 Å². The molecule has 6 heteroatoms. The lowest BCUT2D eigenvalue weighted by atomic mass is 9.89. The molecule has 0 aliphatic carbocycles. The summed E-state index contributed by atoms with van der Waals surface area (Å²) >= 11 is 0. The minimum atomic E-state index is 0. The lowest BCUT2D eigenvalue weighted by Crippen LogP contribution is -2.18. The van der Waals surface area contributed by atoms with Gasteiger partial charge < -0.3 is 28.4 Å². The lowest BCUT2D eigenvalue weighted by molar-refractivity contribution is 0.0343. The van der Waals surface area contributed by atoms with Crippen molar-refractivity contribution in [3.63, 3.8) is 0 Å². The summed E-state index contributed by atoms with van der Waals surface area (Å²) in [5.74, 6) is 0. The van der Waals surface area contributed by atoms with Crippen molar-refractivity contribution >= 4 is 0 Å². The van der Waals surface area contributed by atoms with Crippen LogP contribution in [0.3, 0.4) is 0 Å². The van der Waals surface area contributed by atoms with Crippen molar-refractivity contribution in [2.75, 3.05) is 19.8 Å². The zero-order valence-electron chi connectivity index (χ0n) is 29.4. The van der Waals surface area contributed by atoms with Gasteiger partial charge in [-0.15, -0.1) is 0 Å². The van der Waals surface area contributed by atoms with Crippen LogP contribution in [0.4, 0.5) is 0 Å². The molecule has 6 aliphatic rings. The Hall–Kier alpha value is -2.58. The third kappa shape index (κ3) is 8.06. The van der Waals surface area contributed by atoms with Gasteiger partial charge in [-0.3, -0.25) is 0 Å². The molecule has 50 heavy (non-hydrogen) atoms. The number of ether oxygens (including phenoxy) is 6. The average Bonchev–Trinajstić information content (AvgIpc) is 3.91. The maximum Gasteiger partial charge on any atom is 0.0831 e. The van der Waals surface area contributed by atoms with E-state index >= 15 is 0 Å². The van der Waals surface area contributed by atoms with Crippen molar-refractivity contribution in [3.05, 3.63) is 103 Å². The molecule has 0 N–H and O–H groups in total. The van der Waals surface area contributed by atoms with Gasteiger partial charge >= 0.3 is 0 Å². The fraction of sp³-hybridized carbons (Fsp3) is 0.591. The van der Waals surface area contributed by atoms with E-state index in [1.54, 1.807) is 0 Å². The molecule has 0 spiro atoms. The van der Waals surface area contributed by atoms with E-state index < -0.39 is 0 Å². The summed E-state index contributed by atoms with van der Waals surface area (Å²) in [4.78, 5) is 0. The maximum absolute atomic E-state index is 5.91. The van der Waals surface area contributed by atoms with Crippen LogP contribution < -0.4 is 0 Å². The molecule has 3 aromatic carbocycles. The van der Waals surface area contributed by atoms with Crippen molar-refractivity contribution in [1.82, 2.24) is 0 Å². The molecule has 6 heterocycles. The zero-order valence-corrected chi connectivity index (χ0v) is 29.4. The van der Waals surface area contributed by atoms with Crippen molar-refractivity contribution < 1.29 is 28.4 Å². The molecule has 0 radical (unpaired) electrons. The van der Waals surface area contributed by atoms with E-state index in [0.717, 1.165) is 98.0 Å². The van der Waals surface area contributed by atoms with Crippen molar-refractivity contribution in [3.8, 4) is 0 Å². The number of hydrogen-bond donors (Lipinski definition) is 0. The second-order valence-electron chi connectivity index (χ2n) is 14.0. The van der Waals surface area contributed by atoms with E-state index in [0.29, 0.717) is 18.3 Å². The predicted molar refractivity (Wildman–Crippen MR) is 200 cm³/mol. The molecule has 274 valence electrons. The van der Waals surface area contributed by atoms with Gasteiger partial charge in [0.25, 0.3) is 0 Å². The highest BCUT2D eigenvalue weighted by atomic mass is 16.5. The number of rotatable bonds is 6. The molecule has 0 bridgehead atoms. The van der Waals surface area contributed by atoms with E-state index in [9.17, 15) is 0 Å². The smallest absolute Gasteiger partial charge is 0.0831 e. The van der Waals surface area contributed by atoms with Gasteiger partial charge in [-0.2, -0.15) is 0 Å². The molecular weight excluding hydrogens is 624 g/mol. The minimum Gasteiger partial charge on any atom is -0.373 e. The molecule has 0 fully saturated rings. The average molecular weight is 687 g/mol. The van der Waals surface area contributed by atoms with Gasteiger partial charge in [-0.1, -0.05) is 91.3 Å². The van der Waals surface area contributed by atoms with Gasteiger partial charge in [0.1, 0.15) is 0 Å². The Morgan fingerprint density at radius 2 is 0.700 bits per heavy atom. The van der Waals surface area contributed by atoms with Gasteiger partial charge in [0.15, 0.2) is 0 Å². The lowest BCUT2D eigenvalue weighted by Gasteiger charge is -2.28. The monoisotopic (exact) mass is 686 g/mol. The first-order chi connectivity index (χ1) is 23.7. The second kappa shape index (κ2) is 18.3. The van der Waals surface area contributed by atoms with Crippen LogP contribution in [0.5, 0.6) is 0 Å².